The van der Waals surface area contributed by atoms with Gasteiger partial charge in [-0.2, -0.15) is 0 Å². The van der Waals surface area contributed by atoms with E-state index in [9.17, 15) is 10.0 Å². The van der Waals surface area contributed by atoms with Crippen LogP contribution in [0.2, 0.25) is 0 Å². The van der Waals surface area contributed by atoms with Crippen molar-refractivity contribution in [3.63, 3.8) is 0 Å². The van der Waals surface area contributed by atoms with Gasteiger partial charge in [-0.3, -0.25) is 0 Å². The van der Waals surface area contributed by atoms with E-state index < -0.39 is 37.3 Å². The molecule has 0 radical (unpaired) electrons. The standard InChI is InChI=1S/C6H11NO6/c8-1-2-3(9)4(10)5(11)6(7-12)13-2/h2-6,8-11H,1H2/t2-,3-,4+,5-,6?/m1/s1. The minimum absolute atomic E-state index is 0.559. The molecule has 0 aromatic heterocycles. The summed E-state index contributed by atoms with van der Waals surface area (Å²) < 4.78 is 4.69. The quantitative estimate of drug-likeness (QED) is 0.361. The largest absolute Gasteiger partial charge is 0.394 e. The van der Waals surface area contributed by atoms with Crippen LogP contribution in [-0.4, -0.2) is 57.7 Å². The van der Waals surface area contributed by atoms with E-state index in [4.69, 9.17) is 20.1 Å². The molecule has 0 saturated carbocycles. The molecule has 0 aromatic carbocycles. The number of aliphatic hydroxyl groups is 4. The van der Waals surface area contributed by atoms with Gasteiger partial charge in [-0.25, -0.2) is 0 Å². The lowest BCUT2D eigenvalue weighted by molar-refractivity contribution is -0.227. The number of nitroso groups, excluding NO2 is 1. The van der Waals surface area contributed by atoms with E-state index in [-0.39, 0.29) is 0 Å². The third kappa shape index (κ3) is 1.84. The van der Waals surface area contributed by atoms with E-state index in [0.717, 1.165) is 0 Å². The lowest BCUT2D eigenvalue weighted by Crippen LogP contribution is -2.57. The van der Waals surface area contributed by atoms with Crippen LogP contribution in [0, 0.1) is 4.91 Å². The Hall–Kier alpha value is -0.600. The van der Waals surface area contributed by atoms with Crippen molar-refractivity contribution >= 4 is 0 Å². The lowest BCUT2D eigenvalue weighted by atomic mass is 9.99. The van der Waals surface area contributed by atoms with Gasteiger partial charge in [0.1, 0.15) is 24.4 Å². The first-order valence-corrected chi connectivity index (χ1v) is 3.74. The maximum absolute atomic E-state index is 10.1. The predicted octanol–water partition coefficient (Wildman–Crippen LogP) is -2.45. The summed E-state index contributed by atoms with van der Waals surface area (Å²) in [6.07, 6.45) is -7.06. The number of rotatable bonds is 2. The molecule has 13 heavy (non-hydrogen) atoms. The fourth-order valence-corrected chi connectivity index (χ4v) is 1.17. The van der Waals surface area contributed by atoms with Crippen LogP contribution in [0.1, 0.15) is 0 Å². The Morgan fingerprint density at radius 2 is 1.77 bits per heavy atom. The third-order valence-electron chi connectivity index (χ3n) is 1.97. The monoisotopic (exact) mass is 193 g/mol. The van der Waals surface area contributed by atoms with Crippen molar-refractivity contribution in [2.24, 2.45) is 5.18 Å². The van der Waals surface area contributed by atoms with Crippen molar-refractivity contribution in [3.8, 4) is 0 Å². The molecule has 1 unspecified atom stereocenters. The molecule has 1 aliphatic heterocycles. The molecule has 1 rings (SSSR count). The Balaban J connectivity index is 2.71. The zero-order chi connectivity index (χ0) is 10.0. The normalized spacial score (nSPS) is 46.0. The second-order valence-corrected chi connectivity index (χ2v) is 2.82. The highest BCUT2D eigenvalue weighted by Crippen LogP contribution is 2.21. The van der Waals surface area contributed by atoms with Crippen LogP contribution in [0.25, 0.3) is 0 Å². The smallest absolute Gasteiger partial charge is 0.218 e. The van der Waals surface area contributed by atoms with Crippen molar-refractivity contribution in [1.29, 1.82) is 0 Å². The van der Waals surface area contributed by atoms with Gasteiger partial charge in [-0.05, 0) is 5.18 Å². The average molecular weight is 193 g/mol. The molecule has 1 fully saturated rings. The molecule has 0 aliphatic carbocycles. The first-order valence-electron chi connectivity index (χ1n) is 3.74. The van der Waals surface area contributed by atoms with Crippen LogP contribution in [0.3, 0.4) is 0 Å². The molecular weight excluding hydrogens is 182 g/mol. The van der Waals surface area contributed by atoms with Crippen molar-refractivity contribution in [2.75, 3.05) is 6.61 Å². The van der Waals surface area contributed by atoms with E-state index in [1.807, 2.05) is 0 Å². The summed E-state index contributed by atoms with van der Waals surface area (Å²) in [5, 5.41) is 38.5. The molecule has 0 amide bonds. The van der Waals surface area contributed by atoms with Crippen molar-refractivity contribution in [3.05, 3.63) is 4.91 Å². The van der Waals surface area contributed by atoms with Crippen LogP contribution in [0.15, 0.2) is 5.18 Å². The molecular formula is C6H11NO6. The maximum Gasteiger partial charge on any atom is 0.218 e. The Morgan fingerprint density at radius 1 is 1.15 bits per heavy atom. The van der Waals surface area contributed by atoms with Crippen LogP contribution < -0.4 is 0 Å². The lowest BCUT2D eigenvalue weighted by Gasteiger charge is -2.36. The van der Waals surface area contributed by atoms with Gasteiger partial charge in [0.15, 0.2) is 0 Å². The van der Waals surface area contributed by atoms with Crippen LogP contribution in [-0.2, 0) is 4.74 Å². The first-order chi connectivity index (χ1) is 6.11. The van der Waals surface area contributed by atoms with Gasteiger partial charge < -0.3 is 25.2 Å². The minimum atomic E-state index is -1.56. The molecule has 1 saturated heterocycles. The van der Waals surface area contributed by atoms with Crippen LogP contribution >= 0.6 is 0 Å². The van der Waals surface area contributed by atoms with Crippen LogP contribution in [0.4, 0.5) is 0 Å². The second kappa shape index (κ2) is 4.07. The molecule has 4 N–H and O–H groups in total. The first kappa shape index (κ1) is 10.5. The summed E-state index contributed by atoms with van der Waals surface area (Å²) in [5.74, 6) is 0. The highest BCUT2D eigenvalue weighted by molar-refractivity contribution is 4.90. The number of ether oxygens (including phenoxy) is 1. The van der Waals surface area contributed by atoms with E-state index in [0.29, 0.717) is 0 Å². The highest BCUT2D eigenvalue weighted by Gasteiger charge is 2.44. The average Bonchev–Trinajstić information content (AvgIpc) is 2.15. The Morgan fingerprint density at radius 3 is 2.23 bits per heavy atom. The molecule has 1 heterocycles. The Bertz CT molecular complexity index is 186. The van der Waals surface area contributed by atoms with Crippen molar-refractivity contribution in [2.45, 2.75) is 30.6 Å². The predicted molar refractivity (Wildman–Crippen MR) is 39.6 cm³/mol. The van der Waals surface area contributed by atoms with Gasteiger partial charge in [-0.1, -0.05) is 0 Å². The number of hydrogen-bond acceptors (Lipinski definition) is 7. The van der Waals surface area contributed by atoms with Gasteiger partial charge in [0.2, 0.25) is 6.23 Å². The molecule has 0 bridgehead atoms. The third-order valence-corrected chi connectivity index (χ3v) is 1.97. The summed E-state index contributed by atoms with van der Waals surface area (Å²) in [6, 6.07) is 0. The number of hydrogen-bond donors (Lipinski definition) is 4. The van der Waals surface area contributed by atoms with Gasteiger partial charge >= 0.3 is 0 Å². The highest BCUT2D eigenvalue weighted by atomic mass is 16.6. The van der Waals surface area contributed by atoms with Crippen LogP contribution in [0.5, 0.6) is 0 Å². The van der Waals surface area contributed by atoms with E-state index in [1.165, 1.54) is 0 Å². The number of aliphatic hydroxyl groups excluding tert-OH is 4. The van der Waals surface area contributed by atoms with Crippen molar-refractivity contribution < 1.29 is 25.2 Å². The van der Waals surface area contributed by atoms with E-state index in [2.05, 4.69) is 5.18 Å². The zero-order valence-electron chi connectivity index (χ0n) is 6.65. The zero-order valence-corrected chi connectivity index (χ0v) is 6.65. The van der Waals surface area contributed by atoms with Gasteiger partial charge in [0.25, 0.3) is 0 Å². The van der Waals surface area contributed by atoms with Gasteiger partial charge in [0, 0.05) is 0 Å². The topological polar surface area (TPSA) is 120 Å². The van der Waals surface area contributed by atoms with E-state index in [1.54, 1.807) is 0 Å². The molecule has 1 aliphatic rings. The summed E-state index contributed by atoms with van der Waals surface area (Å²) in [7, 11) is 0. The summed E-state index contributed by atoms with van der Waals surface area (Å²) in [6.45, 7) is -0.559. The summed E-state index contributed by atoms with van der Waals surface area (Å²) >= 11 is 0. The van der Waals surface area contributed by atoms with Gasteiger partial charge in [-0.15, -0.1) is 4.91 Å². The summed E-state index contributed by atoms with van der Waals surface area (Å²) in [4.78, 5) is 10.1. The SMILES string of the molecule is O=NC1O[C@H](CO)[C@@H](O)[C@H](O)[C@H]1O. The molecule has 7 heteroatoms. The molecule has 0 spiro atoms. The Labute approximate surface area is 73.5 Å². The maximum atomic E-state index is 10.1. The number of nitrogens with zero attached hydrogens (tertiary/aromatic N) is 1. The molecule has 7 nitrogen and oxygen atoms in total. The fourth-order valence-electron chi connectivity index (χ4n) is 1.17. The molecule has 76 valence electrons. The fraction of sp³-hybridized carbons (Fsp3) is 1.00. The second-order valence-electron chi connectivity index (χ2n) is 2.82. The minimum Gasteiger partial charge on any atom is -0.394 e. The Kier molecular flexibility index (Phi) is 3.28. The molecule has 5 atom stereocenters. The van der Waals surface area contributed by atoms with E-state index >= 15 is 0 Å². The van der Waals surface area contributed by atoms with Crippen molar-refractivity contribution in [1.82, 2.24) is 0 Å². The van der Waals surface area contributed by atoms with Gasteiger partial charge in [0.05, 0.1) is 6.61 Å². The molecule has 0 aromatic rings. The summed E-state index contributed by atoms with van der Waals surface area (Å²) in [5.41, 5.74) is 0.